The van der Waals surface area contributed by atoms with Gasteiger partial charge in [0.05, 0.1) is 19.4 Å². The van der Waals surface area contributed by atoms with Gasteiger partial charge in [-0.2, -0.15) is 0 Å². The molecule has 0 N–H and O–H groups in total. The predicted molar refractivity (Wildman–Crippen MR) is 87.6 cm³/mol. The minimum absolute atomic E-state index is 0.277. The second-order valence-electron chi connectivity index (χ2n) is 3.86. The summed E-state index contributed by atoms with van der Waals surface area (Å²) < 4.78 is 1.54. The molecule has 0 spiro atoms. The van der Waals surface area contributed by atoms with Crippen molar-refractivity contribution in [1.29, 1.82) is 0 Å². The molecule has 0 radical (unpaired) electrons. The summed E-state index contributed by atoms with van der Waals surface area (Å²) >= 11 is 25.7. The first-order valence-electron chi connectivity index (χ1n) is 5.14. The van der Waals surface area contributed by atoms with Crippen molar-refractivity contribution in [3.8, 4) is 0 Å². The lowest BCUT2D eigenvalue weighted by molar-refractivity contribution is 0.107. The molecule has 8 heteroatoms. The zero-order chi connectivity index (χ0) is 14.6. The first kappa shape index (κ1) is 14.6. The maximum Gasteiger partial charge on any atom is 0.263 e. The van der Waals surface area contributed by atoms with Crippen LogP contribution in [0.4, 0.5) is 0 Å². The molecule has 0 aliphatic heterocycles. The number of hydrogen-bond donors (Lipinski definition) is 0. The van der Waals surface area contributed by atoms with E-state index in [-0.39, 0.29) is 9.75 Å². The maximum absolute atomic E-state index is 11.3. The van der Waals surface area contributed by atoms with Crippen LogP contribution < -0.4 is 0 Å². The molecular formula is C12H2Cl4O2S2. The van der Waals surface area contributed by atoms with Crippen LogP contribution in [0.2, 0.25) is 10.0 Å². The molecule has 102 valence electrons. The number of carbonyl (C=O) groups excluding carboxylic acids is 2. The highest BCUT2D eigenvalue weighted by molar-refractivity contribution is 7.30. The molecule has 0 aliphatic rings. The summed E-state index contributed by atoms with van der Waals surface area (Å²) in [6, 6.07) is 3.50. The Bertz CT molecular complexity index is 821. The molecule has 0 bridgehead atoms. The molecule has 0 aliphatic carbocycles. The fraction of sp³-hybridized carbons (Fsp3) is 0. The Hall–Kier alpha value is -0.360. The Morgan fingerprint density at radius 2 is 1.15 bits per heavy atom. The molecule has 0 saturated carbocycles. The summed E-state index contributed by atoms with van der Waals surface area (Å²) in [6.45, 7) is 0. The molecule has 0 saturated heterocycles. The number of rotatable bonds is 2. The standard InChI is InChI=1S/C12H2Cl4O2S2/c13-5-3-1-2-4-6(14)10(12(16)18)20-8(4)7(3)19-9(5)11(15)17/h1-2H. The van der Waals surface area contributed by atoms with Crippen molar-refractivity contribution in [2.24, 2.45) is 0 Å². The Balaban J connectivity index is 2.47. The van der Waals surface area contributed by atoms with Crippen molar-refractivity contribution >= 4 is 99.7 Å². The van der Waals surface area contributed by atoms with E-state index in [1.807, 2.05) is 0 Å². The van der Waals surface area contributed by atoms with Crippen LogP contribution in [0.5, 0.6) is 0 Å². The number of halogens is 4. The molecular weight excluding hydrogens is 382 g/mol. The third-order valence-electron chi connectivity index (χ3n) is 2.75. The summed E-state index contributed by atoms with van der Waals surface area (Å²) in [5, 5.41) is 0.825. The van der Waals surface area contributed by atoms with Crippen LogP contribution in [0.1, 0.15) is 19.3 Å². The molecule has 0 amide bonds. The second kappa shape index (κ2) is 5.13. The van der Waals surface area contributed by atoms with Crippen LogP contribution in [-0.2, 0) is 0 Å². The molecule has 20 heavy (non-hydrogen) atoms. The number of thiophene rings is 2. The van der Waals surface area contributed by atoms with Gasteiger partial charge in [0.1, 0.15) is 9.75 Å². The van der Waals surface area contributed by atoms with Crippen molar-refractivity contribution in [3.05, 3.63) is 31.9 Å². The van der Waals surface area contributed by atoms with Crippen LogP contribution in [-0.4, -0.2) is 10.5 Å². The van der Waals surface area contributed by atoms with Gasteiger partial charge in [0.2, 0.25) is 0 Å². The van der Waals surface area contributed by atoms with Gasteiger partial charge in [-0.1, -0.05) is 35.3 Å². The van der Waals surface area contributed by atoms with Gasteiger partial charge in [0.15, 0.2) is 0 Å². The second-order valence-corrected chi connectivity index (χ2v) is 7.34. The largest absolute Gasteiger partial charge is 0.275 e. The van der Waals surface area contributed by atoms with Gasteiger partial charge >= 0.3 is 0 Å². The molecule has 1 aromatic carbocycles. The minimum atomic E-state index is -0.611. The molecule has 0 unspecified atom stereocenters. The molecule has 2 heterocycles. The van der Waals surface area contributed by atoms with Crippen molar-refractivity contribution in [2.45, 2.75) is 0 Å². The molecule has 3 rings (SSSR count). The first-order chi connectivity index (χ1) is 9.41. The average Bonchev–Trinajstić information content (AvgIpc) is 2.89. The Kier molecular flexibility index (Phi) is 3.73. The van der Waals surface area contributed by atoms with Crippen LogP contribution >= 0.6 is 69.1 Å². The number of benzene rings is 1. The summed E-state index contributed by atoms with van der Waals surface area (Å²) in [6.07, 6.45) is 0. The highest BCUT2D eigenvalue weighted by Gasteiger charge is 2.21. The maximum atomic E-state index is 11.3. The van der Waals surface area contributed by atoms with Gasteiger partial charge in [-0.05, 0) is 23.2 Å². The lowest BCUT2D eigenvalue weighted by atomic mass is 10.2. The molecule has 0 fully saturated rings. The zero-order valence-corrected chi connectivity index (χ0v) is 14.0. The van der Waals surface area contributed by atoms with Gasteiger partial charge in [0.25, 0.3) is 10.5 Å². The third kappa shape index (κ3) is 2.06. The molecule has 2 nitrogen and oxygen atoms in total. The van der Waals surface area contributed by atoms with E-state index in [4.69, 9.17) is 46.4 Å². The normalized spacial score (nSPS) is 11.4. The zero-order valence-electron chi connectivity index (χ0n) is 9.30. The monoisotopic (exact) mass is 382 g/mol. The van der Waals surface area contributed by atoms with Gasteiger partial charge < -0.3 is 0 Å². The highest BCUT2D eigenvalue weighted by atomic mass is 35.5. The quantitative estimate of drug-likeness (QED) is 0.495. The number of fused-ring (bicyclic) bond motifs is 3. The molecule has 0 atom stereocenters. The van der Waals surface area contributed by atoms with Crippen LogP contribution in [0.15, 0.2) is 12.1 Å². The average molecular weight is 384 g/mol. The van der Waals surface area contributed by atoms with E-state index in [0.29, 0.717) is 20.8 Å². The summed E-state index contributed by atoms with van der Waals surface area (Å²) in [5.41, 5.74) is 0. The van der Waals surface area contributed by atoms with Crippen LogP contribution in [0, 0.1) is 0 Å². The summed E-state index contributed by atoms with van der Waals surface area (Å²) in [5.74, 6) is 0. The number of carbonyl (C=O) groups is 2. The molecule has 3 aromatic rings. The van der Waals surface area contributed by atoms with E-state index in [9.17, 15) is 9.59 Å². The predicted octanol–water partition coefficient (Wildman–Crippen LogP) is 6.18. The van der Waals surface area contributed by atoms with E-state index < -0.39 is 10.5 Å². The van der Waals surface area contributed by atoms with E-state index in [0.717, 1.165) is 9.40 Å². The smallest absolute Gasteiger partial charge is 0.263 e. The van der Waals surface area contributed by atoms with Gasteiger partial charge in [-0.25, -0.2) is 0 Å². The third-order valence-corrected chi connectivity index (χ3v) is 6.93. The van der Waals surface area contributed by atoms with Crippen molar-refractivity contribution in [1.82, 2.24) is 0 Å². The Morgan fingerprint density at radius 1 is 0.800 bits per heavy atom. The van der Waals surface area contributed by atoms with Crippen molar-refractivity contribution < 1.29 is 9.59 Å². The first-order valence-corrected chi connectivity index (χ1v) is 8.29. The van der Waals surface area contributed by atoms with Gasteiger partial charge in [0, 0.05) is 10.8 Å². The molecule has 2 aromatic heterocycles. The Morgan fingerprint density at radius 3 is 1.45 bits per heavy atom. The fourth-order valence-electron chi connectivity index (χ4n) is 1.90. The van der Waals surface area contributed by atoms with E-state index in [1.54, 1.807) is 12.1 Å². The van der Waals surface area contributed by atoms with E-state index >= 15 is 0 Å². The van der Waals surface area contributed by atoms with Crippen LogP contribution in [0.25, 0.3) is 20.2 Å². The van der Waals surface area contributed by atoms with E-state index in [2.05, 4.69) is 0 Å². The highest BCUT2D eigenvalue weighted by Crippen LogP contribution is 2.46. The van der Waals surface area contributed by atoms with Crippen molar-refractivity contribution in [3.63, 3.8) is 0 Å². The van der Waals surface area contributed by atoms with E-state index in [1.165, 1.54) is 22.7 Å². The van der Waals surface area contributed by atoms with Crippen molar-refractivity contribution in [2.75, 3.05) is 0 Å². The summed E-state index contributed by atoms with van der Waals surface area (Å²) in [4.78, 5) is 23.2. The summed E-state index contributed by atoms with van der Waals surface area (Å²) in [7, 11) is 0. The number of hydrogen-bond acceptors (Lipinski definition) is 4. The Labute approximate surface area is 140 Å². The topological polar surface area (TPSA) is 34.1 Å². The minimum Gasteiger partial charge on any atom is -0.275 e. The SMILES string of the molecule is O=C(Cl)c1sc2c(ccc3c(Cl)c(C(=O)Cl)sc32)c1Cl. The van der Waals surface area contributed by atoms with Crippen LogP contribution in [0.3, 0.4) is 0 Å². The lowest BCUT2D eigenvalue weighted by Crippen LogP contribution is -1.82. The fourth-order valence-corrected chi connectivity index (χ4v) is 5.43. The van der Waals surface area contributed by atoms with Gasteiger partial charge in [-0.3, -0.25) is 9.59 Å². The lowest BCUT2D eigenvalue weighted by Gasteiger charge is -1.93. The van der Waals surface area contributed by atoms with Gasteiger partial charge in [-0.15, -0.1) is 22.7 Å².